The third-order valence-corrected chi connectivity index (χ3v) is 3.95. The molecule has 0 aromatic carbocycles. The molecule has 2 unspecified atom stereocenters. The first-order valence-corrected chi connectivity index (χ1v) is 6.36. The van der Waals surface area contributed by atoms with Crippen molar-refractivity contribution in [2.24, 2.45) is 13.0 Å². The fourth-order valence-electron chi connectivity index (χ4n) is 2.70. The van der Waals surface area contributed by atoms with Crippen molar-refractivity contribution in [1.29, 1.82) is 0 Å². The van der Waals surface area contributed by atoms with Crippen molar-refractivity contribution in [3.05, 3.63) is 11.4 Å². The first-order chi connectivity index (χ1) is 7.59. The number of nitrogens with one attached hydrogen (secondary N) is 1. The highest BCUT2D eigenvalue weighted by Gasteiger charge is 2.22. The summed E-state index contributed by atoms with van der Waals surface area (Å²) in [6.45, 7) is 6.58. The Kier molecular flexibility index (Phi) is 3.22. The quantitative estimate of drug-likeness (QED) is 0.832. The second kappa shape index (κ2) is 4.48. The van der Waals surface area contributed by atoms with E-state index in [4.69, 9.17) is 0 Å². The lowest BCUT2D eigenvalue weighted by atomic mass is 9.86. The Labute approximate surface area is 98.2 Å². The van der Waals surface area contributed by atoms with Crippen LogP contribution in [0.25, 0.3) is 0 Å². The molecule has 1 N–H and O–H groups in total. The van der Waals surface area contributed by atoms with Gasteiger partial charge in [0.05, 0.1) is 17.1 Å². The van der Waals surface area contributed by atoms with Crippen LogP contribution in [0.1, 0.15) is 44.0 Å². The van der Waals surface area contributed by atoms with Crippen LogP contribution >= 0.6 is 0 Å². The second-order valence-electron chi connectivity index (χ2n) is 5.18. The van der Waals surface area contributed by atoms with Gasteiger partial charge in [-0.05, 0) is 32.6 Å². The van der Waals surface area contributed by atoms with E-state index in [1.807, 2.05) is 11.7 Å². The zero-order valence-corrected chi connectivity index (χ0v) is 10.9. The largest absolute Gasteiger partial charge is 0.379 e. The van der Waals surface area contributed by atoms with Crippen LogP contribution in [-0.2, 0) is 7.05 Å². The van der Waals surface area contributed by atoms with E-state index in [0.29, 0.717) is 6.04 Å². The summed E-state index contributed by atoms with van der Waals surface area (Å²) in [7, 11) is 2.01. The van der Waals surface area contributed by atoms with Crippen LogP contribution in [0.3, 0.4) is 0 Å². The van der Waals surface area contributed by atoms with Gasteiger partial charge >= 0.3 is 0 Å². The Bertz CT molecular complexity index is 367. The van der Waals surface area contributed by atoms with Crippen LogP contribution in [0.5, 0.6) is 0 Å². The molecule has 1 aliphatic carbocycles. The van der Waals surface area contributed by atoms with E-state index < -0.39 is 0 Å². The molecule has 3 nitrogen and oxygen atoms in total. The number of aromatic nitrogens is 2. The van der Waals surface area contributed by atoms with Crippen molar-refractivity contribution in [1.82, 2.24) is 9.78 Å². The molecule has 0 amide bonds. The molecule has 1 aromatic rings. The summed E-state index contributed by atoms with van der Waals surface area (Å²) in [5.41, 5.74) is 3.62. The lowest BCUT2D eigenvalue weighted by Gasteiger charge is -2.30. The van der Waals surface area contributed by atoms with Gasteiger partial charge in [-0.3, -0.25) is 4.68 Å². The summed E-state index contributed by atoms with van der Waals surface area (Å²) >= 11 is 0. The summed E-state index contributed by atoms with van der Waals surface area (Å²) in [6, 6.07) is 0.635. The number of rotatable bonds is 2. The van der Waals surface area contributed by atoms with Crippen molar-refractivity contribution in [3.63, 3.8) is 0 Å². The molecule has 0 saturated heterocycles. The molecule has 3 heteroatoms. The highest BCUT2D eigenvalue weighted by molar-refractivity contribution is 5.52. The molecule has 1 aromatic heterocycles. The van der Waals surface area contributed by atoms with Gasteiger partial charge in [0.15, 0.2) is 0 Å². The SMILES string of the molecule is Cc1nn(C)c(C)c1NC1CCCCC1C. The normalized spacial score (nSPS) is 25.8. The van der Waals surface area contributed by atoms with Gasteiger partial charge in [-0.15, -0.1) is 0 Å². The van der Waals surface area contributed by atoms with E-state index in [1.54, 1.807) is 0 Å². The molecule has 16 heavy (non-hydrogen) atoms. The zero-order chi connectivity index (χ0) is 11.7. The highest BCUT2D eigenvalue weighted by Crippen LogP contribution is 2.29. The monoisotopic (exact) mass is 221 g/mol. The van der Waals surface area contributed by atoms with E-state index >= 15 is 0 Å². The van der Waals surface area contributed by atoms with E-state index in [0.717, 1.165) is 11.6 Å². The summed E-state index contributed by atoms with van der Waals surface area (Å²) in [4.78, 5) is 0. The second-order valence-corrected chi connectivity index (χ2v) is 5.18. The van der Waals surface area contributed by atoms with Gasteiger partial charge in [-0.25, -0.2) is 0 Å². The number of anilines is 1. The summed E-state index contributed by atoms with van der Waals surface area (Å²) in [6.07, 6.45) is 5.41. The van der Waals surface area contributed by atoms with Crippen LogP contribution < -0.4 is 5.32 Å². The molecule has 0 bridgehead atoms. The molecule has 90 valence electrons. The molecule has 2 rings (SSSR count). The standard InChI is InChI=1S/C13H23N3/c1-9-7-5-6-8-12(9)14-13-10(2)15-16(4)11(13)3/h9,12,14H,5-8H2,1-4H3. The predicted octanol–water partition coefficient (Wildman–Crippen LogP) is 3.03. The van der Waals surface area contributed by atoms with Gasteiger partial charge in [-0.2, -0.15) is 5.10 Å². The number of aryl methyl sites for hydroxylation is 2. The van der Waals surface area contributed by atoms with Crippen molar-refractivity contribution >= 4 is 5.69 Å². The summed E-state index contributed by atoms with van der Waals surface area (Å²) in [5.74, 6) is 0.785. The molecule has 0 spiro atoms. The van der Waals surface area contributed by atoms with Crippen molar-refractivity contribution in [3.8, 4) is 0 Å². The molecular formula is C13H23N3. The Balaban J connectivity index is 2.13. The number of nitrogens with zero attached hydrogens (tertiary/aromatic N) is 2. The maximum atomic E-state index is 4.46. The zero-order valence-electron chi connectivity index (χ0n) is 10.9. The first-order valence-electron chi connectivity index (χ1n) is 6.36. The van der Waals surface area contributed by atoms with Gasteiger partial charge in [-0.1, -0.05) is 19.8 Å². The van der Waals surface area contributed by atoms with Crippen LogP contribution in [0.4, 0.5) is 5.69 Å². The van der Waals surface area contributed by atoms with E-state index in [9.17, 15) is 0 Å². The van der Waals surface area contributed by atoms with Crippen molar-refractivity contribution in [2.75, 3.05) is 5.32 Å². The molecule has 1 fully saturated rings. The minimum absolute atomic E-state index is 0.635. The Hall–Kier alpha value is -0.990. The van der Waals surface area contributed by atoms with Crippen LogP contribution in [0.15, 0.2) is 0 Å². The van der Waals surface area contributed by atoms with Gasteiger partial charge in [0.25, 0.3) is 0 Å². The number of hydrogen-bond donors (Lipinski definition) is 1. The minimum Gasteiger partial charge on any atom is -0.379 e. The maximum absolute atomic E-state index is 4.46. The first kappa shape index (κ1) is 11.5. The Morgan fingerprint density at radius 2 is 1.94 bits per heavy atom. The number of hydrogen-bond acceptors (Lipinski definition) is 2. The van der Waals surface area contributed by atoms with E-state index in [2.05, 4.69) is 31.2 Å². The summed E-state index contributed by atoms with van der Waals surface area (Å²) in [5, 5.41) is 8.16. The highest BCUT2D eigenvalue weighted by atomic mass is 15.3. The molecule has 0 aliphatic heterocycles. The molecule has 0 radical (unpaired) electrons. The lowest BCUT2D eigenvalue weighted by Crippen LogP contribution is -2.30. The molecule has 1 heterocycles. The summed E-state index contributed by atoms with van der Waals surface area (Å²) < 4.78 is 1.96. The fourth-order valence-corrected chi connectivity index (χ4v) is 2.70. The predicted molar refractivity (Wildman–Crippen MR) is 67.7 cm³/mol. The molecular weight excluding hydrogens is 198 g/mol. The van der Waals surface area contributed by atoms with Crippen molar-refractivity contribution in [2.45, 2.75) is 52.5 Å². The average Bonchev–Trinajstić information content (AvgIpc) is 2.48. The smallest absolute Gasteiger partial charge is 0.0827 e. The van der Waals surface area contributed by atoms with Gasteiger partial charge in [0.1, 0.15) is 0 Å². The van der Waals surface area contributed by atoms with Crippen LogP contribution in [0, 0.1) is 19.8 Å². The van der Waals surface area contributed by atoms with E-state index in [1.165, 1.54) is 37.1 Å². The third-order valence-electron chi connectivity index (χ3n) is 3.95. The molecule has 1 aliphatic rings. The molecule has 2 atom stereocenters. The Morgan fingerprint density at radius 3 is 2.50 bits per heavy atom. The minimum atomic E-state index is 0.635. The van der Waals surface area contributed by atoms with E-state index in [-0.39, 0.29) is 0 Å². The van der Waals surface area contributed by atoms with Crippen LogP contribution in [0.2, 0.25) is 0 Å². The third kappa shape index (κ3) is 2.08. The lowest BCUT2D eigenvalue weighted by molar-refractivity contribution is 0.349. The molecule has 1 saturated carbocycles. The fraction of sp³-hybridized carbons (Fsp3) is 0.769. The topological polar surface area (TPSA) is 29.9 Å². The van der Waals surface area contributed by atoms with Gasteiger partial charge in [0.2, 0.25) is 0 Å². The van der Waals surface area contributed by atoms with Crippen LogP contribution in [-0.4, -0.2) is 15.8 Å². The van der Waals surface area contributed by atoms with Crippen molar-refractivity contribution < 1.29 is 0 Å². The van der Waals surface area contributed by atoms with Gasteiger partial charge < -0.3 is 5.32 Å². The maximum Gasteiger partial charge on any atom is 0.0827 e. The van der Waals surface area contributed by atoms with Gasteiger partial charge in [0, 0.05) is 13.1 Å². The Morgan fingerprint density at radius 1 is 1.25 bits per heavy atom. The average molecular weight is 221 g/mol.